The van der Waals surface area contributed by atoms with Crippen molar-refractivity contribution < 1.29 is 4.42 Å². The van der Waals surface area contributed by atoms with Gasteiger partial charge in [-0.25, -0.2) is 0 Å². The number of aryl methyl sites for hydroxylation is 1. The Bertz CT molecular complexity index is 496. The van der Waals surface area contributed by atoms with Crippen molar-refractivity contribution in [3.63, 3.8) is 0 Å². The van der Waals surface area contributed by atoms with Crippen molar-refractivity contribution >= 4 is 11.0 Å². The number of hydrogen-bond acceptors (Lipinski definition) is 2. The van der Waals surface area contributed by atoms with Crippen LogP contribution in [0.1, 0.15) is 25.2 Å². The highest BCUT2D eigenvalue weighted by molar-refractivity contribution is 5.81. The van der Waals surface area contributed by atoms with Gasteiger partial charge in [-0.05, 0) is 30.5 Å². The van der Waals surface area contributed by atoms with Crippen LogP contribution < -0.4 is 5.73 Å². The summed E-state index contributed by atoms with van der Waals surface area (Å²) in [6.07, 6.45) is 0.893. The molecule has 1 aromatic carbocycles. The molecule has 0 aliphatic carbocycles. The maximum absolute atomic E-state index is 5.88. The van der Waals surface area contributed by atoms with Crippen LogP contribution in [0, 0.1) is 12.3 Å². The highest BCUT2D eigenvalue weighted by Gasteiger charge is 2.21. The first-order valence-corrected chi connectivity index (χ1v) is 5.70. The van der Waals surface area contributed by atoms with Crippen molar-refractivity contribution in [1.29, 1.82) is 0 Å². The van der Waals surface area contributed by atoms with E-state index in [1.165, 1.54) is 10.9 Å². The molecule has 0 bridgehead atoms. The lowest BCUT2D eigenvalue weighted by Crippen LogP contribution is -2.25. The van der Waals surface area contributed by atoms with Crippen molar-refractivity contribution in [2.45, 2.75) is 27.2 Å². The summed E-state index contributed by atoms with van der Waals surface area (Å²) in [6, 6.07) is 8.17. The molecule has 0 unspecified atom stereocenters. The smallest absolute Gasteiger partial charge is 0.134 e. The molecule has 0 aliphatic rings. The summed E-state index contributed by atoms with van der Waals surface area (Å²) in [6.45, 7) is 7.12. The Morgan fingerprint density at radius 2 is 1.94 bits per heavy atom. The Morgan fingerprint density at radius 1 is 1.25 bits per heavy atom. The van der Waals surface area contributed by atoms with Crippen molar-refractivity contribution in [2.24, 2.45) is 11.1 Å². The molecule has 0 saturated carbocycles. The summed E-state index contributed by atoms with van der Waals surface area (Å²) in [5, 5.41) is 1.21. The average molecular weight is 217 g/mol. The Kier molecular flexibility index (Phi) is 2.76. The molecule has 0 amide bonds. The Hall–Kier alpha value is -1.28. The van der Waals surface area contributed by atoms with Gasteiger partial charge in [-0.3, -0.25) is 0 Å². The summed E-state index contributed by atoms with van der Waals surface area (Å²) in [4.78, 5) is 0. The van der Waals surface area contributed by atoms with Gasteiger partial charge in [-0.2, -0.15) is 0 Å². The topological polar surface area (TPSA) is 39.2 Å². The van der Waals surface area contributed by atoms with Crippen molar-refractivity contribution in [2.75, 3.05) is 6.54 Å². The van der Waals surface area contributed by atoms with Gasteiger partial charge in [0, 0.05) is 11.8 Å². The number of fused-ring (bicyclic) bond motifs is 1. The SMILES string of the molecule is Cc1c(CC(C)(C)CN)oc2ccccc12. The van der Waals surface area contributed by atoms with Gasteiger partial charge in [-0.1, -0.05) is 32.0 Å². The second kappa shape index (κ2) is 3.95. The van der Waals surface area contributed by atoms with E-state index in [4.69, 9.17) is 10.2 Å². The normalized spacial score (nSPS) is 12.2. The van der Waals surface area contributed by atoms with E-state index in [1.807, 2.05) is 18.2 Å². The first-order valence-electron chi connectivity index (χ1n) is 5.70. The average Bonchev–Trinajstić information content (AvgIpc) is 2.56. The minimum atomic E-state index is 0.0959. The summed E-state index contributed by atoms with van der Waals surface area (Å²) in [5.74, 6) is 1.07. The molecular weight excluding hydrogens is 198 g/mol. The third-order valence-corrected chi connectivity index (χ3v) is 3.13. The predicted molar refractivity (Wildman–Crippen MR) is 67.5 cm³/mol. The fraction of sp³-hybridized carbons (Fsp3) is 0.429. The van der Waals surface area contributed by atoms with Gasteiger partial charge < -0.3 is 10.2 Å². The van der Waals surface area contributed by atoms with Crippen LogP contribution in [0.2, 0.25) is 0 Å². The lowest BCUT2D eigenvalue weighted by atomic mass is 9.87. The Balaban J connectivity index is 2.42. The van der Waals surface area contributed by atoms with Crippen LogP contribution in [0.4, 0.5) is 0 Å². The van der Waals surface area contributed by atoms with Gasteiger partial charge in [0.25, 0.3) is 0 Å². The van der Waals surface area contributed by atoms with Gasteiger partial charge >= 0.3 is 0 Å². The fourth-order valence-corrected chi connectivity index (χ4v) is 1.90. The summed E-state index contributed by atoms with van der Waals surface area (Å²) < 4.78 is 5.88. The minimum absolute atomic E-state index is 0.0959. The summed E-state index contributed by atoms with van der Waals surface area (Å²) in [5.41, 5.74) is 8.07. The summed E-state index contributed by atoms with van der Waals surface area (Å²) >= 11 is 0. The van der Waals surface area contributed by atoms with Gasteiger partial charge in [0.2, 0.25) is 0 Å². The molecule has 1 aromatic heterocycles. The van der Waals surface area contributed by atoms with E-state index in [-0.39, 0.29) is 5.41 Å². The fourth-order valence-electron chi connectivity index (χ4n) is 1.90. The second-order valence-electron chi connectivity index (χ2n) is 5.19. The van der Waals surface area contributed by atoms with E-state index in [0.29, 0.717) is 6.54 Å². The van der Waals surface area contributed by atoms with Crippen molar-refractivity contribution in [1.82, 2.24) is 0 Å². The quantitative estimate of drug-likeness (QED) is 0.857. The first-order chi connectivity index (χ1) is 7.53. The Morgan fingerprint density at radius 3 is 2.56 bits per heavy atom. The van der Waals surface area contributed by atoms with Crippen LogP contribution >= 0.6 is 0 Å². The van der Waals surface area contributed by atoms with E-state index in [0.717, 1.165) is 17.8 Å². The standard InChI is InChI=1S/C14H19NO/c1-10-11-6-4-5-7-12(11)16-13(10)8-14(2,3)9-15/h4-7H,8-9,15H2,1-3H3. The van der Waals surface area contributed by atoms with Crippen LogP contribution in [0.25, 0.3) is 11.0 Å². The van der Waals surface area contributed by atoms with E-state index in [9.17, 15) is 0 Å². The van der Waals surface area contributed by atoms with E-state index >= 15 is 0 Å². The van der Waals surface area contributed by atoms with Crippen LogP contribution in [-0.2, 0) is 6.42 Å². The molecule has 2 rings (SSSR count). The minimum Gasteiger partial charge on any atom is -0.461 e. The highest BCUT2D eigenvalue weighted by atomic mass is 16.3. The van der Waals surface area contributed by atoms with Gasteiger partial charge in [-0.15, -0.1) is 0 Å². The maximum Gasteiger partial charge on any atom is 0.134 e. The lowest BCUT2D eigenvalue weighted by Gasteiger charge is -2.20. The zero-order valence-electron chi connectivity index (χ0n) is 10.2. The van der Waals surface area contributed by atoms with Crippen molar-refractivity contribution in [3.05, 3.63) is 35.6 Å². The lowest BCUT2D eigenvalue weighted by molar-refractivity contribution is 0.343. The first kappa shape index (κ1) is 11.2. The molecule has 0 fully saturated rings. The predicted octanol–water partition coefficient (Wildman–Crippen LogP) is 3.27. The van der Waals surface area contributed by atoms with Crippen molar-refractivity contribution in [3.8, 4) is 0 Å². The highest BCUT2D eigenvalue weighted by Crippen LogP contribution is 2.29. The monoisotopic (exact) mass is 217 g/mol. The zero-order chi connectivity index (χ0) is 11.8. The molecule has 0 aliphatic heterocycles. The number of rotatable bonds is 3. The largest absolute Gasteiger partial charge is 0.461 e. The van der Waals surface area contributed by atoms with Crippen LogP contribution in [-0.4, -0.2) is 6.54 Å². The maximum atomic E-state index is 5.88. The molecule has 2 heteroatoms. The molecule has 0 atom stereocenters. The molecule has 2 nitrogen and oxygen atoms in total. The molecule has 0 saturated heterocycles. The third-order valence-electron chi connectivity index (χ3n) is 3.13. The molecular formula is C14H19NO. The molecule has 0 spiro atoms. The van der Waals surface area contributed by atoms with Gasteiger partial charge in [0.05, 0.1) is 0 Å². The molecule has 16 heavy (non-hydrogen) atoms. The number of furan rings is 1. The van der Waals surface area contributed by atoms with E-state index in [1.54, 1.807) is 0 Å². The van der Waals surface area contributed by atoms with Crippen LogP contribution in [0.3, 0.4) is 0 Å². The van der Waals surface area contributed by atoms with E-state index < -0.39 is 0 Å². The molecule has 0 radical (unpaired) electrons. The van der Waals surface area contributed by atoms with Gasteiger partial charge in [0.1, 0.15) is 11.3 Å². The zero-order valence-corrected chi connectivity index (χ0v) is 10.2. The number of benzene rings is 1. The van der Waals surface area contributed by atoms with Crippen LogP contribution in [0.15, 0.2) is 28.7 Å². The number of hydrogen-bond donors (Lipinski definition) is 1. The second-order valence-corrected chi connectivity index (χ2v) is 5.19. The van der Waals surface area contributed by atoms with Gasteiger partial charge in [0.15, 0.2) is 0 Å². The van der Waals surface area contributed by atoms with Crippen LogP contribution in [0.5, 0.6) is 0 Å². The molecule has 1 heterocycles. The molecule has 86 valence electrons. The van der Waals surface area contributed by atoms with E-state index in [2.05, 4.69) is 26.8 Å². The summed E-state index contributed by atoms with van der Waals surface area (Å²) in [7, 11) is 0. The number of para-hydroxylation sites is 1. The molecule has 2 aromatic rings. The molecule has 2 N–H and O–H groups in total. The number of nitrogens with two attached hydrogens (primary N) is 1. The Labute approximate surface area is 96.4 Å². The third kappa shape index (κ3) is 1.98.